The van der Waals surface area contributed by atoms with Crippen LogP contribution in [0, 0.1) is 0 Å². The number of carbonyl (C=O) groups excluding carboxylic acids is 1. The van der Waals surface area contributed by atoms with Crippen LogP contribution in [-0.2, 0) is 10.2 Å². The minimum Gasteiger partial charge on any atom is -0.485 e. The zero-order chi connectivity index (χ0) is 20.6. The molecule has 0 bridgehead atoms. The molecule has 2 N–H and O–H groups in total. The van der Waals surface area contributed by atoms with Crippen LogP contribution in [0.5, 0.6) is 11.5 Å². The minimum absolute atomic E-state index is 0.0313. The van der Waals surface area contributed by atoms with E-state index in [9.17, 15) is 4.79 Å². The van der Waals surface area contributed by atoms with E-state index in [1.807, 2.05) is 42.5 Å². The lowest BCUT2D eigenvalue weighted by Gasteiger charge is -2.27. The van der Waals surface area contributed by atoms with E-state index in [1.54, 1.807) is 0 Å². The summed E-state index contributed by atoms with van der Waals surface area (Å²) >= 11 is 6.24. The Labute approximate surface area is 173 Å². The van der Waals surface area contributed by atoms with Crippen LogP contribution < -0.4 is 14.9 Å². The molecular formula is C22H22ClN3O3. The first-order chi connectivity index (χ1) is 13.8. The lowest BCUT2D eigenvalue weighted by Crippen LogP contribution is -2.42. The predicted molar refractivity (Wildman–Crippen MR) is 114 cm³/mol. The molecule has 0 saturated heterocycles. The molecule has 0 saturated carbocycles. The Morgan fingerprint density at radius 1 is 1.24 bits per heavy atom. The van der Waals surface area contributed by atoms with E-state index in [0.29, 0.717) is 22.2 Å². The van der Waals surface area contributed by atoms with E-state index >= 15 is 0 Å². The first kappa shape index (κ1) is 19.3. The molecule has 4 rings (SSSR count). The number of H-pyrrole nitrogens is 1. The molecule has 0 spiro atoms. The Morgan fingerprint density at radius 2 is 2.03 bits per heavy atom. The Balaban J connectivity index is 1.46. The molecule has 1 aromatic heterocycles. The third kappa shape index (κ3) is 3.93. The van der Waals surface area contributed by atoms with E-state index < -0.39 is 6.10 Å². The number of fused-ring (bicyclic) bond motifs is 2. The number of hydrazone groups is 1. The topological polar surface area (TPSA) is 75.7 Å². The van der Waals surface area contributed by atoms with Gasteiger partial charge in [0.2, 0.25) is 6.10 Å². The molecule has 1 unspecified atom stereocenters. The molecule has 6 nitrogen and oxygen atoms in total. The number of amides is 1. The van der Waals surface area contributed by atoms with Gasteiger partial charge in [0.25, 0.3) is 5.91 Å². The zero-order valence-electron chi connectivity index (χ0n) is 16.5. The van der Waals surface area contributed by atoms with Crippen LogP contribution in [-0.4, -0.2) is 29.8 Å². The largest absolute Gasteiger partial charge is 0.485 e. The first-order valence-electron chi connectivity index (χ1n) is 9.36. The second kappa shape index (κ2) is 7.44. The van der Waals surface area contributed by atoms with Gasteiger partial charge in [-0.1, -0.05) is 56.6 Å². The molecule has 0 fully saturated rings. The molecule has 1 atom stereocenters. The maximum absolute atomic E-state index is 12.5. The molecule has 1 aliphatic rings. The predicted octanol–water partition coefficient (Wildman–Crippen LogP) is 4.41. The summed E-state index contributed by atoms with van der Waals surface area (Å²) in [6.45, 7) is 6.48. The van der Waals surface area contributed by atoms with Crippen molar-refractivity contribution in [3.05, 3.63) is 58.7 Å². The summed E-state index contributed by atoms with van der Waals surface area (Å²) in [5, 5.41) is 5.44. The first-order valence-corrected chi connectivity index (χ1v) is 9.74. The Hall–Kier alpha value is -2.99. The summed E-state index contributed by atoms with van der Waals surface area (Å²) < 4.78 is 11.6. The number of ether oxygens (including phenoxy) is 2. The molecule has 0 radical (unpaired) electrons. The summed E-state index contributed by atoms with van der Waals surface area (Å²) in [4.78, 5) is 15.6. The zero-order valence-corrected chi connectivity index (χ0v) is 17.2. The average Bonchev–Trinajstić information content (AvgIpc) is 3.01. The van der Waals surface area contributed by atoms with Crippen LogP contribution in [0.1, 0.15) is 31.9 Å². The van der Waals surface area contributed by atoms with Gasteiger partial charge in [0, 0.05) is 16.5 Å². The van der Waals surface area contributed by atoms with Crippen molar-refractivity contribution in [3.63, 3.8) is 0 Å². The van der Waals surface area contributed by atoms with Crippen molar-refractivity contribution in [2.75, 3.05) is 6.61 Å². The highest BCUT2D eigenvalue weighted by molar-refractivity contribution is 6.34. The van der Waals surface area contributed by atoms with Crippen LogP contribution in [0.25, 0.3) is 10.9 Å². The molecule has 29 heavy (non-hydrogen) atoms. The number of nitrogens with one attached hydrogen (secondary N) is 2. The van der Waals surface area contributed by atoms with Gasteiger partial charge in [-0.15, -0.1) is 0 Å². The summed E-state index contributed by atoms with van der Waals surface area (Å²) in [5.41, 5.74) is 5.20. The number of rotatable bonds is 3. The highest BCUT2D eigenvalue weighted by atomic mass is 35.5. The molecule has 2 aromatic carbocycles. The standard InChI is InChI=1S/C22H22ClN3O3/c1-22(2,3)13-8-9-17-18(10-13)29-19(12-28-17)21(27)26-24-11-15-14-6-4-5-7-16(14)25-20(15)23/h4-11,19,25H,12H2,1-3H3,(H,26,27). The Morgan fingerprint density at radius 3 is 2.83 bits per heavy atom. The molecular weight excluding hydrogens is 390 g/mol. The van der Waals surface area contributed by atoms with E-state index in [4.69, 9.17) is 21.1 Å². The number of para-hydroxylation sites is 1. The van der Waals surface area contributed by atoms with Gasteiger partial charge in [-0.3, -0.25) is 4.79 Å². The maximum atomic E-state index is 12.5. The molecule has 3 aromatic rings. The minimum atomic E-state index is -0.784. The monoisotopic (exact) mass is 411 g/mol. The number of hydrogen-bond donors (Lipinski definition) is 2. The molecule has 1 amide bonds. The third-order valence-electron chi connectivity index (χ3n) is 4.83. The lowest BCUT2D eigenvalue weighted by molar-refractivity contribution is -0.130. The van der Waals surface area contributed by atoms with Gasteiger partial charge in [-0.25, -0.2) is 5.43 Å². The number of halogens is 1. The highest BCUT2D eigenvalue weighted by Crippen LogP contribution is 2.36. The van der Waals surface area contributed by atoms with Crippen molar-refractivity contribution in [3.8, 4) is 11.5 Å². The van der Waals surface area contributed by atoms with Crippen molar-refractivity contribution in [1.29, 1.82) is 0 Å². The fourth-order valence-electron chi connectivity index (χ4n) is 3.16. The molecule has 0 aliphatic carbocycles. The molecule has 2 heterocycles. The summed E-state index contributed by atoms with van der Waals surface area (Å²) in [6, 6.07) is 13.5. The van der Waals surface area contributed by atoms with Crippen LogP contribution >= 0.6 is 11.6 Å². The van der Waals surface area contributed by atoms with Crippen LogP contribution in [0.3, 0.4) is 0 Å². The molecule has 150 valence electrons. The van der Waals surface area contributed by atoms with E-state index in [2.05, 4.69) is 36.3 Å². The summed E-state index contributed by atoms with van der Waals surface area (Å²) in [7, 11) is 0. The fraction of sp³-hybridized carbons (Fsp3) is 0.273. The van der Waals surface area contributed by atoms with Gasteiger partial charge in [0.15, 0.2) is 11.5 Å². The normalized spacial score (nSPS) is 16.3. The van der Waals surface area contributed by atoms with Crippen molar-refractivity contribution >= 4 is 34.6 Å². The second-order valence-corrected chi connectivity index (χ2v) is 8.34. The van der Waals surface area contributed by atoms with Crippen molar-refractivity contribution < 1.29 is 14.3 Å². The van der Waals surface area contributed by atoms with Crippen molar-refractivity contribution in [2.24, 2.45) is 5.10 Å². The number of aromatic nitrogens is 1. The van der Waals surface area contributed by atoms with Crippen LogP contribution in [0.4, 0.5) is 0 Å². The van der Waals surface area contributed by atoms with Gasteiger partial charge >= 0.3 is 0 Å². The highest BCUT2D eigenvalue weighted by Gasteiger charge is 2.28. The quantitative estimate of drug-likeness (QED) is 0.495. The molecule has 1 aliphatic heterocycles. The lowest BCUT2D eigenvalue weighted by atomic mass is 9.87. The average molecular weight is 412 g/mol. The van der Waals surface area contributed by atoms with Gasteiger partial charge in [0.05, 0.1) is 6.21 Å². The summed E-state index contributed by atoms with van der Waals surface area (Å²) in [6.07, 6.45) is 0.738. The van der Waals surface area contributed by atoms with Crippen molar-refractivity contribution in [2.45, 2.75) is 32.3 Å². The SMILES string of the molecule is CC(C)(C)c1ccc2c(c1)OC(C(=O)NN=Cc1c(Cl)[nH]c3ccccc13)CO2. The van der Waals surface area contributed by atoms with Gasteiger partial charge < -0.3 is 14.5 Å². The maximum Gasteiger partial charge on any atom is 0.284 e. The van der Waals surface area contributed by atoms with E-state index in [1.165, 1.54) is 6.21 Å². The third-order valence-corrected chi connectivity index (χ3v) is 5.13. The van der Waals surface area contributed by atoms with Crippen molar-refractivity contribution in [1.82, 2.24) is 10.4 Å². The number of aromatic amines is 1. The Bertz CT molecular complexity index is 1100. The fourth-order valence-corrected chi connectivity index (χ4v) is 3.41. The smallest absolute Gasteiger partial charge is 0.284 e. The van der Waals surface area contributed by atoms with Crippen LogP contribution in [0.15, 0.2) is 47.6 Å². The van der Waals surface area contributed by atoms with Crippen LogP contribution in [0.2, 0.25) is 5.15 Å². The number of carbonyl (C=O) groups is 1. The summed E-state index contributed by atoms with van der Waals surface area (Å²) in [5.74, 6) is 0.813. The van der Waals surface area contributed by atoms with E-state index in [-0.39, 0.29) is 17.9 Å². The number of nitrogens with zero attached hydrogens (tertiary/aromatic N) is 1. The van der Waals surface area contributed by atoms with Gasteiger partial charge in [0.1, 0.15) is 11.8 Å². The Kier molecular flexibility index (Phi) is 4.96. The van der Waals surface area contributed by atoms with E-state index in [0.717, 1.165) is 16.5 Å². The van der Waals surface area contributed by atoms with Gasteiger partial charge in [-0.2, -0.15) is 5.10 Å². The number of benzene rings is 2. The molecule has 7 heteroatoms. The van der Waals surface area contributed by atoms with Gasteiger partial charge in [-0.05, 0) is 29.2 Å². The second-order valence-electron chi connectivity index (χ2n) is 7.96. The number of hydrogen-bond acceptors (Lipinski definition) is 4.